The summed E-state index contributed by atoms with van der Waals surface area (Å²) in [6.45, 7) is 5.51. The molecule has 3 nitrogen and oxygen atoms in total. The Morgan fingerprint density at radius 3 is 1.63 bits per heavy atom. The Hall–Kier alpha value is -1.48. The van der Waals surface area contributed by atoms with Gasteiger partial charge in [0.2, 0.25) is 0 Å². The van der Waals surface area contributed by atoms with Gasteiger partial charge in [0.05, 0.1) is 0 Å². The standard InChI is InChI=1S/C16H22O3/c1-13-7-9-15(18-13)5-3-11-17-12-4-6-16-10-8-14(2)19-16/h7-10H,3-6,11-12H2,1-2H3. The lowest BCUT2D eigenvalue weighted by molar-refractivity contribution is 0.127. The summed E-state index contributed by atoms with van der Waals surface area (Å²) in [5.74, 6) is 4.05. The maximum absolute atomic E-state index is 5.61. The summed E-state index contributed by atoms with van der Waals surface area (Å²) in [6, 6.07) is 8.08. The van der Waals surface area contributed by atoms with Crippen LogP contribution in [-0.4, -0.2) is 13.2 Å². The Kier molecular flexibility index (Phi) is 5.28. The summed E-state index contributed by atoms with van der Waals surface area (Å²) in [7, 11) is 0. The predicted molar refractivity (Wildman–Crippen MR) is 74.4 cm³/mol. The smallest absolute Gasteiger partial charge is 0.104 e. The molecule has 2 rings (SSSR count). The summed E-state index contributed by atoms with van der Waals surface area (Å²) >= 11 is 0. The maximum atomic E-state index is 5.61. The number of rotatable bonds is 8. The van der Waals surface area contributed by atoms with E-state index in [9.17, 15) is 0 Å². The lowest BCUT2D eigenvalue weighted by Gasteiger charge is -2.02. The van der Waals surface area contributed by atoms with E-state index in [2.05, 4.69) is 0 Å². The molecule has 2 heterocycles. The summed E-state index contributed by atoms with van der Waals surface area (Å²) in [5.41, 5.74) is 0. The van der Waals surface area contributed by atoms with Crippen LogP contribution in [0.25, 0.3) is 0 Å². The molecule has 2 aromatic heterocycles. The second kappa shape index (κ2) is 7.19. The van der Waals surface area contributed by atoms with Gasteiger partial charge in [-0.3, -0.25) is 0 Å². The molecule has 0 aromatic carbocycles. The predicted octanol–water partition coefficient (Wildman–Crippen LogP) is 4.07. The van der Waals surface area contributed by atoms with Gasteiger partial charge < -0.3 is 13.6 Å². The summed E-state index contributed by atoms with van der Waals surface area (Å²) in [4.78, 5) is 0. The van der Waals surface area contributed by atoms with Crippen LogP contribution in [0.15, 0.2) is 33.1 Å². The highest BCUT2D eigenvalue weighted by atomic mass is 16.5. The molecule has 0 spiro atoms. The third-order valence-electron chi connectivity index (χ3n) is 3.02. The van der Waals surface area contributed by atoms with E-state index >= 15 is 0 Å². The molecule has 0 aliphatic rings. The lowest BCUT2D eigenvalue weighted by Crippen LogP contribution is -1.99. The highest BCUT2D eigenvalue weighted by Gasteiger charge is 2.00. The zero-order valence-electron chi connectivity index (χ0n) is 11.8. The zero-order valence-corrected chi connectivity index (χ0v) is 11.8. The van der Waals surface area contributed by atoms with Gasteiger partial charge in [-0.25, -0.2) is 0 Å². The van der Waals surface area contributed by atoms with Gasteiger partial charge in [0.15, 0.2) is 0 Å². The van der Waals surface area contributed by atoms with Crippen molar-refractivity contribution in [3.05, 3.63) is 47.3 Å². The van der Waals surface area contributed by atoms with Crippen LogP contribution in [0.4, 0.5) is 0 Å². The van der Waals surface area contributed by atoms with Gasteiger partial charge in [0.25, 0.3) is 0 Å². The number of hydrogen-bond acceptors (Lipinski definition) is 3. The van der Waals surface area contributed by atoms with E-state index in [1.165, 1.54) is 0 Å². The first-order chi connectivity index (χ1) is 9.24. The van der Waals surface area contributed by atoms with Crippen molar-refractivity contribution in [2.45, 2.75) is 39.5 Å². The molecule has 0 aliphatic carbocycles. The minimum atomic E-state index is 0.789. The van der Waals surface area contributed by atoms with Crippen LogP contribution in [0, 0.1) is 13.8 Å². The molecule has 0 atom stereocenters. The Morgan fingerprint density at radius 1 is 0.789 bits per heavy atom. The second-order valence-corrected chi connectivity index (χ2v) is 4.84. The van der Waals surface area contributed by atoms with E-state index < -0.39 is 0 Å². The molecule has 0 saturated carbocycles. The number of ether oxygens (including phenoxy) is 1. The van der Waals surface area contributed by atoms with Crippen molar-refractivity contribution in [2.75, 3.05) is 13.2 Å². The maximum Gasteiger partial charge on any atom is 0.104 e. The fraction of sp³-hybridized carbons (Fsp3) is 0.500. The fourth-order valence-corrected chi connectivity index (χ4v) is 2.04. The number of hydrogen-bond donors (Lipinski definition) is 0. The molecule has 0 saturated heterocycles. The van der Waals surface area contributed by atoms with Crippen LogP contribution in [0.2, 0.25) is 0 Å². The molecule has 0 N–H and O–H groups in total. The van der Waals surface area contributed by atoms with Gasteiger partial charge in [-0.1, -0.05) is 0 Å². The lowest BCUT2D eigenvalue weighted by atomic mass is 10.2. The molecule has 0 unspecified atom stereocenters. The van der Waals surface area contributed by atoms with Crippen LogP contribution >= 0.6 is 0 Å². The molecule has 0 amide bonds. The number of furan rings is 2. The van der Waals surface area contributed by atoms with Gasteiger partial charge in [0.1, 0.15) is 23.0 Å². The van der Waals surface area contributed by atoms with Crippen molar-refractivity contribution in [3.8, 4) is 0 Å². The average molecular weight is 262 g/mol. The Morgan fingerprint density at radius 2 is 1.26 bits per heavy atom. The molecular formula is C16H22O3. The highest BCUT2D eigenvalue weighted by Crippen LogP contribution is 2.10. The van der Waals surface area contributed by atoms with Gasteiger partial charge in [0, 0.05) is 26.1 Å². The topological polar surface area (TPSA) is 35.5 Å². The monoisotopic (exact) mass is 262 g/mol. The minimum absolute atomic E-state index is 0.789. The first-order valence-corrected chi connectivity index (χ1v) is 6.92. The van der Waals surface area contributed by atoms with Crippen LogP contribution in [-0.2, 0) is 17.6 Å². The van der Waals surface area contributed by atoms with Crippen molar-refractivity contribution in [2.24, 2.45) is 0 Å². The van der Waals surface area contributed by atoms with E-state index in [0.29, 0.717) is 0 Å². The second-order valence-electron chi connectivity index (χ2n) is 4.84. The molecule has 19 heavy (non-hydrogen) atoms. The van der Waals surface area contributed by atoms with Crippen molar-refractivity contribution >= 4 is 0 Å². The summed E-state index contributed by atoms with van der Waals surface area (Å²) < 4.78 is 16.6. The fourth-order valence-electron chi connectivity index (χ4n) is 2.04. The molecule has 0 aliphatic heterocycles. The highest BCUT2D eigenvalue weighted by molar-refractivity contribution is 5.06. The van der Waals surface area contributed by atoms with Gasteiger partial charge >= 0.3 is 0 Å². The third kappa shape index (κ3) is 4.95. The van der Waals surface area contributed by atoms with E-state index in [4.69, 9.17) is 13.6 Å². The largest absolute Gasteiger partial charge is 0.466 e. The minimum Gasteiger partial charge on any atom is -0.466 e. The van der Waals surface area contributed by atoms with E-state index in [-0.39, 0.29) is 0 Å². The molecule has 0 bridgehead atoms. The molecule has 3 heteroatoms. The van der Waals surface area contributed by atoms with Crippen LogP contribution in [0.1, 0.15) is 35.9 Å². The van der Waals surface area contributed by atoms with Crippen molar-refractivity contribution in [3.63, 3.8) is 0 Å². The first kappa shape index (κ1) is 13.9. The van der Waals surface area contributed by atoms with Gasteiger partial charge in [-0.2, -0.15) is 0 Å². The van der Waals surface area contributed by atoms with Crippen LogP contribution in [0.5, 0.6) is 0 Å². The van der Waals surface area contributed by atoms with Crippen LogP contribution in [0.3, 0.4) is 0 Å². The first-order valence-electron chi connectivity index (χ1n) is 6.92. The molecule has 0 radical (unpaired) electrons. The average Bonchev–Trinajstić information content (AvgIpc) is 2.97. The SMILES string of the molecule is Cc1ccc(CCCOCCCc2ccc(C)o2)o1. The Labute approximate surface area is 114 Å². The Bertz CT molecular complexity index is 437. The quantitative estimate of drug-likeness (QED) is 0.673. The third-order valence-corrected chi connectivity index (χ3v) is 3.02. The van der Waals surface area contributed by atoms with E-state index in [1.807, 2.05) is 38.1 Å². The van der Waals surface area contributed by atoms with Crippen molar-refractivity contribution in [1.82, 2.24) is 0 Å². The summed E-state index contributed by atoms with van der Waals surface area (Å²) in [6.07, 6.45) is 3.91. The molecule has 2 aromatic rings. The van der Waals surface area contributed by atoms with Gasteiger partial charge in [-0.15, -0.1) is 0 Å². The normalized spacial score (nSPS) is 11.1. The Balaban J connectivity index is 1.48. The van der Waals surface area contributed by atoms with Crippen molar-refractivity contribution in [1.29, 1.82) is 0 Å². The molecule has 0 fully saturated rings. The number of aryl methyl sites for hydroxylation is 4. The van der Waals surface area contributed by atoms with E-state index in [1.54, 1.807) is 0 Å². The van der Waals surface area contributed by atoms with Crippen molar-refractivity contribution < 1.29 is 13.6 Å². The summed E-state index contributed by atoms with van der Waals surface area (Å²) in [5, 5.41) is 0. The van der Waals surface area contributed by atoms with Crippen LogP contribution < -0.4 is 0 Å². The van der Waals surface area contributed by atoms with E-state index in [0.717, 1.165) is 61.9 Å². The molecular weight excluding hydrogens is 240 g/mol. The zero-order chi connectivity index (χ0) is 13.5. The molecule has 104 valence electrons. The van der Waals surface area contributed by atoms with Gasteiger partial charge in [-0.05, 0) is 51.0 Å².